The minimum absolute atomic E-state index is 0.154. The molecular weight excluding hydrogens is 362 g/mol. The minimum atomic E-state index is -0.210. The molecule has 3 rings (SSSR count). The molecule has 0 fully saturated rings. The van der Waals surface area contributed by atoms with Crippen LogP contribution in [-0.2, 0) is 6.54 Å². The first-order valence-corrected chi connectivity index (χ1v) is 9.36. The zero-order chi connectivity index (χ0) is 19.6. The van der Waals surface area contributed by atoms with E-state index in [1.54, 1.807) is 17.2 Å². The predicted octanol–water partition coefficient (Wildman–Crippen LogP) is 4.18. The average molecular weight is 386 g/mol. The van der Waals surface area contributed by atoms with Crippen LogP contribution in [0.4, 0.5) is 0 Å². The van der Waals surface area contributed by atoms with E-state index in [4.69, 9.17) is 11.6 Å². The number of rotatable bonds is 6. The van der Waals surface area contributed by atoms with Crippen LogP contribution < -0.4 is 5.32 Å². The molecule has 0 bridgehead atoms. The van der Waals surface area contributed by atoms with Crippen molar-refractivity contribution in [3.05, 3.63) is 65.0 Å². The molecule has 27 heavy (non-hydrogen) atoms. The Morgan fingerprint density at radius 1 is 1.22 bits per heavy atom. The molecular formula is C20H24ClN5O. The van der Waals surface area contributed by atoms with Crippen LogP contribution in [0.15, 0.2) is 43.0 Å². The predicted molar refractivity (Wildman–Crippen MR) is 106 cm³/mol. The Balaban J connectivity index is 1.73. The highest BCUT2D eigenvalue weighted by molar-refractivity contribution is 6.33. The van der Waals surface area contributed by atoms with Crippen molar-refractivity contribution in [1.29, 1.82) is 0 Å². The van der Waals surface area contributed by atoms with E-state index >= 15 is 0 Å². The van der Waals surface area contributed by atoms with Gasteiger partial charge in [-0.2, -0.15) is 5.10 Å². The molecule has 2 heterocycles. The first-order valence-electron chi connectivity index (χ1n) is 8.99. The summed E-state index contributed by atoms with van der Waals surface area (Å²) in [6.45, 7) is 8.61. The molecule has 1 amide bonds. The third-order valence-corrected chi connectivity index (χ3v) is 4.76. The lowest BCUT2D eigenvalue weighted by molar-refractivity contribution is 0.0939. The van der Waals surface area contributed by atoms with Crippen molar-refractivity contribution in [3.8, 4) is 5.69 Å². The fourth-order valence-corrected chi connectivity index (χ4v) is 3.31. The van der Waals surface area contributed by atoms with Crippen molar-refractivity contribution >= 4 is 17.5 Å². The standard InChI is InChI=1S/C20H24ClN5O/c1-13(2)11-26-19(21)18(15(4)24-26)20(27)23-14(3)16-5-7-17(8-6-16)25-10-9-22-12-25/h5-10,12-14H,11H2,1-4H3,(H,23,27)/t14-/m1/s1. The van der Waals surface area contributed by atoms with Crippen LogP contribution in [0.2, 0.25) is 5.15 Å². The summed E-state index contributed by atoms with van der Waals surface area (Å²) in [6.07, 6.45) is 5.38. The van der Waals surface area contributed by atoms with Gasteiger partial charge >= 0.3 is 0 Å². The van der Waals surface area contributed by atoms with Crippen LogP contribution in [-0.4, -0.2) is 25.2 Å². The van der Waals surface area contributed by atoms with Crippen LogP contribution in [0, 0.1) is 12.8 Å². The number of nitrogens with one attached hydrogen (secondary N) is 1. The Kier molecular flexibility index (Phi) is 5.65. The molecule has 6 nitrogen and oxygen atoms in total. The number of imidazole rings is 1. The van der Waals surface area contributed by atoms with Crippen LogP contribution >= 0.6 is 11.6 Å². The lowest BCUT2D eigenvalue weighted by Crippen LogP contribution is -2.27. The van der Waals surface area contributed by atoms with Gasteiger partial charge in [-0.3, -0.25) is 9.48 Å². The van der Waals surface area contributed by atoms with Crippen LogP contribution in [0.5, 0.6) is 0 Å². The topological polar surface area (TPSA) is 64.7 Å². The van der Waals surface area contributed by atoms with E-state index in [9.17, 15) is 4.79 Å². The fraction of sp³-hybridized carbons (Fsp3) is 0.350. The summed E-state index contributed by atoms with van der Waals surface area (Å²) in [4.78, 5) is 16.8. The molecule has 7 heteroatoms. The summed E-state index contributed by atoms with van der Waals surface area (Å²) < 4.78 is 3.63. The zero-order valence-corrected chi connectivity index (χ0v) is 16.7. The molecule has 1 aromatic carbocycles. The Bertz CT molecular complexity index is 913. The van der Waals surface area contributed by atoms with Crippen molar-refractivity contribution in [2.75, 3.05) is 0 Å². The summed E-state index contributed by atoms with van der Waals surface area (Å²) in [5.41, 5.74) is 3.11. The Morgan fingerprint density at radius 2 is 1.93 bits per heavy atom. The van der Waals surface area contributed by atoms with Gasteiger partial charge in [0.2, 0.25) is 0 Å². The second kappa shape index (κ2) is 7.96. The zero-order valence-electron chi connectivity index (χ0n) is 16.0. The van der Waals surface area contributed by atoms with Crippen molar-refractivity contribution in [2.24, 2.45) is 5.92 Å². The fourth-order valence-electron chi connectivity index (χ4n) is 2.98. The Morgan fingerprint density at radius 3 is 2.52 bits per heavy atom. The molecule has 1 atom stereocenters. The lowest BCUT2D eigenvalue weighted by atomic mass is 10.1. The Hall–Kier alpha value is -2.60. The monoisotopic (exact) mass is 385 g/mol. The highest BCUT2D eigenvalue weighted by Gasteiger charge is 2.22. The van der Waals surface area contributed by atoms with E-state index in [2.05, 4.69) is 29.2 Å². The van der Waals surface area contributed by atoms with Gasteiger partial charge in [0.05, 0.1) is 23.6 Å². The van der Waals surface area contributed by atoms with E-state index < -0.39 is 0 Å². The summed E-state index contributed by atoms with van der Waals surface area (Å²) in [5, 5.41) is 7.82. The maximum atomic E-state index is 12.8. The van der Waals surface area contributed by atoms with Gasteiger partial charge in [-0.05, 0) is 37.5 Å². The molecule has 0 aliphatic rings. The maximum absolute atomic E-state index is 12.8. The molecule has 3 aromatic rings. The number of amides is 1. The number of carbonyl (C=O) groups is 1. The molecule has 1 N–H and O–H groups in total. The normalized spacial score (nSPS) is 12.4. The van der Waals surface area contributed by atoms with Gasteiger partial charge in [0.25, 0.3) is 5.91 Å². The lowest BCUT2D eigenvalue weighted by Gasteiger charge is -2.15. The number of aryl methyl sites for hydroxylation is 1. The van der Waals surface area contributed by atoms with Crippen LogP contribution in [0.3, 0.4) is 0 Å². The summed E-state index contributed by atoms with van der Waals surface area (Å²) in [7, 11) is 0. The molecule has 0 spiro atoms. The second-order valence-electron chi connectivity index (χ2n) is 7.08. The van der Waals surface area contributed by atoms with Crippen molar-refractivity contribution in [2.45, 2.75) is 40.3 Å². The van der Waals surface area contributed by atoms with Gasteiger partial charge in [-0.1, -0.05) is 37.6 Å². The average Bonchev–Trinajstić information content (AvgIpc) is 3.23. The van der Waals surface area contributed by atoms with Crippen LogP contribution in [0.25, 0.3) is 5.69 Å². The summed E-state index contributed by atoms with van der Waals surface area (Å²) in [6, 6.07) is 7.84. The third-order valence-electron chi connectivity index (χ3n) is 4.37. The molecule has 0 unspecified atom stereocenters. The molecule has 142 valence electrons. The third kappa shape index (κ3) is 4.22. The van der Waals surface area contributed by atoms with Crippen molar-refractivity contribution < 1.29 is 4.79 Å². The summed E-state index contributed by atoms with van der Waals surface area (Å²) >= 11 is 6.41. The van der Waals surface area contributed by atoms with E-state index in [0.717, 1.165) is 11.3 Å². The largest absolute Gasteiger partial charge is 0.345 e. The number of hydrogen-bond acceptors (Lipinski definition) is 3. The van der Waals surface area contributed by atoms with E-state index in [1.165, 1.54) is 0 Å². The number of halogens is 1. The molecule has 0 saturated carbocycles. The van der Waals surface area contributed by atoms with Gasteiger partial charge in [0.1, 0.15) is 5.15 Å². The number of nitrogens with zero attached hydrogens (tertiary/aromatic N) is 4. The van der Waals surface area contributed by atoms with E-state index in [-0.39, 0.29) is 11.9 Å². The van der Waals surface area contributed by atoms with Gasteiger partial charge < -0.3 is 9.88 Å². The van der Waals surface area contributed by atoms with E-state index in [1.807, 2.05) is 48.9 Å². The number of hydrogen-bond donors (Lipinski definition) is 1. The number of benzene rings is 1. The minimum Gasteiger partial charge on any atom is -0.345 e. The highest BCUT2D eigenvalue weighted by Crippen LogP contribution is 2.22. The highest BCUT2D eigenvalue weighted by atomic mass is 35.5. The van der Waals surface area contributed by atoms with Crippen molar-refractivity contribution in [1.82, 2.24) is 24.6 Å². The maximum Gasteiger partial charge on any atom is 0.256 e. The van der Waals surface area contributed by atoms with E-state index in [0.29, 0.717) is 28.9 Å². The van der Waals surface area contributed by atoms with Gasteiger partial charge in [0, 0.05) is 24.6 Å². The smallest absolute Gasteiger partial charge is 0.256 e. The summed E-state index contributed by atoms with van der Waals surface area (Å²) in [5.74, 6) is 0.185. The molecule has 0 radical (unpaired) electrons. The second-order valence-corrected chi connectivity index (χ2v) is 7.44. The number of carbonyl (C=O) groups excluding carboxylic acids is 1. The van der Waals surface area contributed by atoms with Gasteiger partial charge in [-0.25, -0.2) is 4.98 Å². The molecule has 2 aromatic heterocycles. The Labute approximate surface area is 164 Å². The van der Waals surface area contributed by atoms with Gasteiger partial charge in [-0.15, -0.1) is 0 Å². The molecule has 0 aliphatic heterocycles. The first-order chi connectivity index (χ1) is 12.9. The quantitative estimate of drug-likeness (QED) is 0.692. The first kappa shape index (κ1) is 19.2. The van der Waals surface area contributed by atoms with Gasteiger partial charge in [0.15, 0.2) is 0 Å². The molecule has 0 saturated heterocycles. The SMILES string of the molecule is Cc1nn(CC(C)C)c(Cl)c1C(=O)N[C@H](C)c1ccc(-n2ccnc2)cc1. The van der Waals surface area contributed by atoms with Crippen molar-refractivity contribution in [3.63, 3.8) is 0 Å². The van der Waals surface area contributed by atoms with Crippen LogP contribution in [0.1, 0.15) is 48.4 Å². The number of aromatic nitrogens is 4. The molecule has 0 aliphatic carbocycles.